The van der Waals surface area contributed by atoms with Crippen LogP contribution in [-0.4, -0.2) is 24.6 Å². The van der Waals surface area contributed by atoms with E-state index in [0.29, 0.717) is 25.0 Å². The van der Waals surface area contributed by atoms with Gasteiger partial charge in [0.05, 0.1) is 6.04 Å². The highest BCUT2D eigenvalue weighted by molar-refractivity contribution is 5.90. The van der Waals surface area contributed by atoms with Crippen molar-refractivity contribution in [2.45, 2.75) is 45.6 Å². The lowest BCUT2D eigenvalue weighted by Crippen LogP contribution is -2.12. The van der Waals surface area contributed by atoms with Crippen molar-refractivity contribution in [2.75, 3.05) is 11.9 Å². The van der Waals surface area contributed by atoms with Gasteiger partial charge < -0.3 is 15.8 Å². The largest absolute Gasteiger partial charge is 0.463 e. The molecule has 1 amide bonds. The maximum Gasteiger partial charge on any atom is 0.282 e. The van der Waals surface area contributed by atoms with E-state index in [1.54, 1.807) is 0 Å². The predicted octanol–water partition coefficient (Wildman–Crippen LogP) is 2.71. The van der Waals surface area contributed by atoms with Crippen molar-refractivity contribution in [3.05, 3.63) is 29.8 Å². The highest BCUT2D eigenvalue weighted by Gasteiger charge is 2.16. The lowest BCUT2D eigenvalue weighted by molar-refractivity contribution is -0.116. The van der Waals surface area contributed by atoms with Gasteiger partial charge in [0.1, 0.15) is 6.61 Å². The number of aryl methyl sites for hydroxylation is 1. The second-order valence-corrected chi connectivity index (χ2v) is 6.15. The Morgan fingerprint density at radius 2 is 2.14 bits per heavy atom. The summed E-state index contributed by atoms with van der Waals surface area (Å²) in [6, 6.07) is 8.44. The van der Waals surface area contributed by atoms with Crippen LogP contribution in [0.1, 0.15) is 38.7 Å². The Bertz CT molecular complexity index is 523. The van der Waals surface area contributed by atoms with Crippen molar-refractivity contribution in [3.8, 4) is 0 Å². The van der Waals surface area contributed by atoms with E-state index in [9.17, 15) is 4.79 Å². The van der Waals surface area contributed by atoms with Gasteiger partial charge in [0, 0.05) is 12.1 Å². The number of hydrogen-bond acceptors (Lipinski definition) is 4. The van der Waals surface area contributed by atoms with Crippen LogP contribution in [0.5, 0.6) is 0 Å². The van der Waals surface area contributed by atoms with Gasteiger partial charge in [-0.1, -0.05) is 26.0 Å². The molecule has 0 aliphatic carbocycles. The normalized spacial score (nSPS) is 17.2. The summed E-state index contributed by atoms with van der Waals surface area (Å²) in [6.07, 6.45) is 3.32. The van der Waals surface area contributed by atoms with Crippen LogP contribution in [0.2, 0.25) is 0 Å². The third kappa shape index (κ3) is 5.39. The number of nitrogens with one attached hydrogen (secondary N) is 1. The molecule has 0 aromatic heterocycles. The molecular weight excluding hydrogens is 278 g/mol. The van der Waals surface area contributed by atoms with Crippen LogP contribution >= 0.6 is 0 Å². The Hall–Kier alpha value is -2.04. The third-order valence-corrected chi connectivity index (χ3v) is 3.69. The first kappa shape index (κ1) is 16.3. The number of benzene rings is 1. The number of carbonyl (C=O) groups excluding carboxylic acids is 1. The van der Waals surface area contributed by atoms with Crippen LogP contribution in [0.4, 0.5) is 5.69 Å². The number of amidine groups is 1. The molecule has 0 spiro atoms. The zero-order valence-corrected chi connectivity index (χ0v) is 13.3. The number of nitrogens with two attached hydrogens (primary N) is 1. The number of carbonyl (C=O) groups is 1. The molecule has 0 radical (unpaired) electrons. The third-order valence-electron chi connectivity index (χ3n) is 3.69. The molecule has 5 heteroatoms. The molecule has 1 aromatic rings. The van der Waals surface area contributed by atoms with Gasteiger partial charge in [-0.2, -0.15) is 0 Å². The molecule has 1 aromatic carbocycles. The first-order chi connectivity index (χ1) is 10.5. The molecule has 0 bridgehead atoms. The summed E-state index contributed by atoms with van der Waals surface area (Å²) < 4.78 is 5.14. The monoisotopic (exact) mass is 303 g/mol. The van der Waals surface area contributed by atoms with Crippen molar-refractivity contribution in [1.29, 1.82) is 0 Å². The highest BCUT2D eigenvalue weighted by atomic mass is 16.5. The molecule has 1 heterocycles. The van der Waals surface area contributed by atoms with E-state index < -0.39 is 0 Å². The predicted molar refractivity (Wildman–Crippen MR) is 88.8 cm³/mol. The second kappa shape index (κ2) is 7.82. The fourth-order valence-electron chi connectivity index (χ4n) is 2.32. The van der Waals surface area contributed by atoms with E-state index in [2.05, 4.69) is 24.2 Å². The topological polar surface area (TPSA) is 76.7 Å². The number of ether oxygens (including phenoxy) is 1. The van der Waals surface area contributed by atoms with Gasteiger partial charge in [-0.25, -0.2) is 4.99 Å². The zero-order valence-electron chi connectivity index (χ0n) is 13.3. The minimum Gasteiger partial charge on any atom is -0.463 e. The minimum atomic E-state index is 0.0781. The molecule has 1 atom stereocenters. The first-order valence-corrected chi connectivity index (χ1v) is 7.88. The number of amides is 1. The van der Waals surface area contributed by atoms with Crippen molar-refractivity contribution in [2.24, 2.45) is 16.6 Å². The van der Waals surface area contributed by atoms with Crippen LogP contribution in [0.25, 0.3) is 0 Å². The molecule has 22 heavy (non-hydrogen) atoms. The number of rotatable bonds is 7. The Kier molecular flexibility index (Phi) is 5.81. The Labute approximate surface area is 132 Å². The van der Waals surface area contributed by atoms with Crippen LogP contribution in [0.3, 0.4) is 0 Å². The molecule has 120 valence electrons. The summed E-state index contributed by atoms with van der Waals surface area (Å²) in [7, 11) is 0. The molecule has 2 rings (SSSR count). The Balaban J connectivity index is 1.76. The van der Waals surface area contributed by atoms with Crippen molar-refractivity contribution in [1.82, 2.24) is 0 Å². The van der Waals surface area contributed by atoms with Gasteiger partial charge >= 0.3 is 0 Å². The molecule has 0 saturated carbocycles. The van der Waals surface area contributed by atoms with Crippen LogP contribution in [0, 0.1) is 5.92 Å². The Morgan fingerprint density at radius 1 is 1.41 bits per heavy atom. The first-order valence-electron chi connectivity index (χ1n) is 7.88. The maximum absolute atomic E-state index is 11.8. The molecule has 0 saturated heterocycles. The molecule has 1 aliphatic heterocycles. The number of nitrogens with zero attached hydrogens (tertiary/aromatic N) is 1. The number of hydrogen-bond donors (Lipinski definition) is 2. The lowest BCUT2D eigenvalue weighted by atomic mass is 10.1. The van der Waals surface area contributed by atoms with Gasteiger partial charge in [0.2, 0.25) is 5.91 Å². The summed E-state index contributed by atoms with van der Waals surface area (Å²) in [5, 5.41) is 2.93. The second-order valence-electron chi connectivity index (χ2n) is 6.15. The number of anilines is 1. The quantitative estimate of drug-likeness (QED) is 0.813. The average Bonchev–Trinajstić information content (AvgIpc) is 2.90. The molecule has 0 fully saturated rings. The van der Waals surface area contributed by atoms with Gasteiger partial charge in [-0.05, 0) is 42.9 Å². The van der Waals surface area contributed by atoms with E-state index >= 15 is 0 Å². The fourth-order valence-corrected chi connectivity index (χ4v) is 2.32. The minimum absolute atomic E-state index is 0.0781. The standard InChI is InChI=1S/C17H25N3O2/c1-12(2)3-10-16(21)19-14-7-4-13(5-8-14)6-9-15-11-22-17(18)20-15/h4-5,7-8,12,15H,3,6,9-11H2,1-2H3,(H2,18,20)(H,19,21). The zero-order chi connectivity index (χ0) is 15.9. The Morgan fingerprint density at radius 3 is 2.73 bits per heavy atom. The summed E-state index contributed by atoms with van der Waals surface area (Å²) in [5.74, 6) is 0.624. The summed E-state index contributed by atoms with van der Waals surface area (Å²) in [5.41, 5.74) is 7.56. The maximum atomic E-state index is 11.8. The van der Waals surface area contributed by atoms with Crippen LogP contribution in [0.15, 0.2) is 29.3 Å². The smallest absolute Gasteiger partial charge is 0.282 e. The van der Waals surface area contributed by atoms with Gasteiger partial charge in [0.25, 0.3) is 6.02 Å². The van der Waals surface area contributed by atoms with E-state index in [-0.39, 0.29) is 11.9 Å². The van der Waals surface area contributed by atoms with Crippen molar-refractivity contribution in [3.63, 3.8) is 0 Å². The summed E-state index contributed by atoms with van der Waals surface area (Å²) >= 11 is 0. The van der Waals surface area contributed by atoms with Crippen molar-refractivity contribution < 1.29 is 9.53 Å². The average molecular weight is 303 g/mol. The lowest BCUT2D eigenvalue weighted by Gasteiger charge is -2.08. The summed E-state index contributed by atoms with van der Waals surface area (Å²) in [6.45, 7) is 4.82. The van der Waals surface area contributed by atoms with Crippen molar-refractivity contribution >= 4 is 17.6 Å². The van der Waals surface area contributed by atoms with E-state index in [4.69, 9.17) is 10.5 Å². The van der Waals surface area contributed by atoms with Crippen LogP contribution in [-0.2, 0) is 16.0 Å². The van der Waals surface area contributed by atoms with Gasteiger partial charge in [-0.3, -0.25) is 4.79 Å². The fraction of sp³-hybridized carbons (Fsp3) is 0.529. The molecule has 3 N–H and O–H groups in total. The number of aliphatic imine (C=N–C) groups is 1. The molecule has 1 aliphatic rings. The van der Waals surface area contributed by atoms with E-state index in [0.717, 1.165) is 24.9 Å². The molecular formula is C17H25N3O2. The van der Waals surface area contributed by atoms with Gasteiger partial charge in [0.15, 0.2) is 0 Å². The SMILES string of the molecule is CC(C)CCC(=O)Nc1ccc(CCC2COC(N)=N2)cc1. The highest BCUT2D eigenvalue weighted by Crippen LogP contribution is 2.15. The van der Waals surface area contributed by atoms with E-state index in [1.165, 1.54) is 5.56 Å². The molecule has 1 unspecified atom stereocenters. The summed E-state index contributed by atoms with van der Waals surface area (Å²) in [4.78, 5) is 16.0. The molecule has 5 nitrogen and oxygen atoms in total. The van der Waals surface area contributed by atoms with Crippen LogP contribution < -0.4 is 11.1 Å². The van der Waals surface area contributed by atoms with E-state index in [1.807, 2.05) is 24.3 Å². The van der Waals surface area contributed by atoms with Gasteiger partial charge in [-0.15, -0.1) is 0 Å².